The normalized spacial score (nSPS) is 12.3. The second-order valence-electron chi connectivity index (χ2n) is 5.76. The minimum atomic E-state index is -5.77. The number of nitrogens with zero attached hydrogens (tertiary/aromatic N) is 5. The van der Waals surface area contributed by atoms with E-state index >= 15 is 0 Å². The standard InChI is InChI=1S/C16H9F6N5O/c17-4-11-13(14(28)27-2-1-9(5-23)3-12(27)25-11)10-6-24-26(7-10)8-15(18,19)16(20,21)22/h1-3,6-7H,4,8H2. The van der Waals surface area contributed by atoms with Gasteiger partial charge in [-0.15, -0.1) is 0 Å². The number of aromatic nitrogens is 4. The number of rotatable bonds is 4. The van der Waals surface area contributed by atoms with Gasteiger partial charge in [0, 0.05) is 18.0 Å². The van der Waals surface area contributed by atoms with E-state index in [1.54, 1.807) is 0 Å². The van der Waals surface area contributed by atoms with Crippen LogP contribution in [0.15, 0.2) is 35.5 Å². The number of fused-ring (bicyclic) bond motifs is 1. The minimum absolute atomic E-state index is 0.0172. The van der Waals surface area contributed by atoms with Crippen molar-refractivity contribution >= 4 is 5.65 Å². The molecule has 0 N–H and O–H groups in total. The van der Waals surface area contributed by atoms with E-state index in [0.717, 1.165) is 16.8 Å². The van der Waals surface area contributed by atoms with Crippen LogP contribution in [0, 0.1) is 11.3 Å². The molecule has 0 radical (unpaired) electrons. The van der Waals surface area contributed by atoms with Crippen LogP contribution in [-0.2, 0) is 13.2 Å². The number of pyridine rings is 1. The first-order valence-corrected chi connectivity index (χ1v) is 7.56. The van der Waals surface area contributed by atoms with Crippen LogP contribution in [0.2, 0.25) is 0 Å². The third kappa shape index (κ3) is 3.30. The largest absolute Gasteiger partial charge is 0.455 e. The topological polar surface area (TPSA) is 76.0 Å². The molecule has 0 fully saturated rings. The smallest absolute Gasteiger partial charge is 0.268 e. The van der Waals surface area contributed by atoms with Crippen LogP contribution in [0.25, 0.3) is 16.8 Å². The van der Waals surface area contributed by atoms with E-state index in [-0.39, 0.29) is 28.0 Å². The van der Waals surface area contributed by atoms with E-state index in [0.29, 0.717) is 4.68 Å². The third-order valence-corrected chi connectivity index (χ3v) is 3.86. The lowest BCUT2D eigenvalue weighted by Crippen LogP contribution is -2.40. The van der Waals surface area contributed by atoms with Crippen molar-refractivity contribution in [2.24, 2.45) is 0 Å². The molecule has 0 bridgehead atoms. The van der Waals surface area contributed by atoms with Gasteiger partial charge in [-0.3, -0.25) is 13.9 Å². The van der Waals surface area contributed by atoms with Crippen molar-refractivity contribution in [1.82, 2.24) is 19.2 Å². The molecule has 12 heteroatoms. The summed E-state index contributed by atoms with van der Waals surface area (Å²) in [5, 5.41) is 12.3. The highest BCUT2D eigenvalue weighted by Crippen LogP contribution is 2.36. The Morgan fingerprint density at radius 1 is 1.21 bits per heavy atom. The van der Waals surface area contributed by atoms with E-state index in [1.807, 2.05) is 6.07 Å². The van der Waals surface area contributed by atoms with Crippen LogP contribution in [-0.4, -0.2) is 31.3 Å². The Balaban J connectivity index is 2.10. The first-order valence-electron chi connectivity index (χ1n) is 7.56. The van der Waals surface area contributed by atoms with Crippen LogP contribution in [0.1, 0.15) is 11.3 Å². The molecule has 0 aliphatic carbocycles. The van der Waals surface area contributed by atoms with Gasteiger partial charge >= 0.3 is 12.1 Å². The van der Waals surface area contributed by atoms with Crippen LogP contribution >= 0.6 is 0 Å². The van der Waals surface area contributed by atoms with Gasteiger partial charge in [0.25, 0.3) is 5.56 Å². The van der Waals surface area contributed by atoms with Gasteiger partial charge in [-0.25, -0.2) is 9.37 Å². The molecule has 0 atom stereocenters. The second kappa shape index (κ2) is 6.66. The molecule has 0 unspecified atom stereocenters. The van der Waals surface area contributed by atoms with Crippen molar-refractivity contribution in [3.05, 3.63) is 52.3 Å². The summed E-state index contributed by atoms with van der Waals surface area (Å²) in [6.07, 6.45) is -2.89. The SMILES string of the molecule is N#Cc1ccn2c(=O)c(-c3cnn(CC(F)(F)C(F)(F)F)c3)c(CF)nc2c1. The van der Waals surface area contributed by atoms with Gasteiger partial charge in [-0.2, -0.15) is 32.3 Å². The van der Waals surface area contributed by atoms with Gasteiger partial charge in [0.05, 0.1) is 29.1 Å². The van der Waals surface area contributed by atoms with E-state index in [2.05, 4.69) is 10.1 Å². The van der Waals surface area contributed by atoms with E-state index in [1.165, 1.54) is 18.3 Å². The van der Waals surface area contributed by atoms with E-state index in [4.69, 9.17) is 5.26 Å². The lowest BCUT2D eigenvalue weighted by atomic mass is 10.1. The van der Waals surface area contributed by atoms with E-state index < -0.39 is 30.9 Å². The number of hydrogen-bond donors (Lipinski definition) is 0. The Kier molecular flexibility index (Phi) is 4.62. The predicted molar refractivity (Wildman–Crippen MR) is 83.2 cm³/mol. The fourth-order valence-corrected chi connectivity index (χ4v) is 2.51. The van der Waals surface area contributed by atoms with Crippen molar-refractivity contribution in [2.75, 3.05) is 0 Å². The number of halogens is 6. The quantitative estimate of drug-likeness (QED) is 0.630. The maximum Gasteiger partial charge on any atom is 0.455 e. The second-order valence-corrected chi connectivity index (χ2v) is 5.76. The molecular formula is C16H9F6N5O. The minimum Gasteiger partial charge on any atom is -0.268 e. The third-order valence-electron chi connectivity index (χ3n) is 3.86. The Bertz CT molecular complexity index is 1140. The maximum absolute atomic E-state index is 13.4. The van der Waals surface area contributed by atoms with Crippen LogP contribution in [0.3, 0.4) is 0 Å². The molecule has 0 saturated heterocycles. The van der Waals surface area contributed by atoms with Gasteiger partial charge in [-0.05, 0) is 12.1 Å². The summed E-state index contributed by atoms with van der Waals surface area (Å²) >= 11 is 0. The lowest BCUT2D eigenvalue weighted by Gasteiger charge is -2.19. The summed E-state index contributed by atoms with van der Waals surface area (Å²) in [7, 11) is 0. The van der Waals surface area contributed by atoms with Crippen molar-refractivity contribution in [3.8, 4) is 17.2 Å². The number of alkyl halides is 6. The Hall–Kier alpha value is -3.36. The van der Waals surface area contributed by atoms with Gasteiger partial charge in [0.1, 0.15) is 18.9 Å². The highest BCUT2D eigenvalue weighted by atomic mass is 19.4. The zero-order chi connectivity index (χ0) is 20.7. The molecule has 3 heterocycles. The van der Waals surface area contributed by atoms with Gasteiger partial charge in [0.15, 0.2) is 0 Å². The highest BCUT2D eigenvalue weighted by molar-refractivity contribution is 5.65. The first kappa shape index (κ1) is 19.4. The molecule has 28 heavy (non-hydrogen) atoms. The van der Waals surface area contributed by atoms with Gasteiger partial charge < -0.3 is 0 Å². The summed E-state index contributed by atoms with van der Waals surface area (Å²) in [5.41, 5.74) is -1.48. The molecule has 146 valence electrons. The summed E-state index contributed by atoms with van der Waals surface area (Å²) in [6, 6.07) is 4.39. The molecule has 3 rings (SSSR count). The Morgan fingerprint density at radius 3 is 2.54 bits per heavy atom. The van der Waals surface area contributed by atoms with Crippen LogP contribution < -0.4 is 5.56 Å². The average Bonchev–Trinajstić information content (AvgIpc) is 3.07. The number of nitriles is 1. The summed E-state index contributed by atoms with van der Waals surface area (Å²) < 4.78 is 78.1. The monoisotopic (exact) mass is 401 g/mol. The zero-order valence-electron chi connectivity index (χ0n) is 13.7. The molecule has 3 aromatic heterocycles. The van der Waals surface area contributed by atoms with Crippen molar-refractivity contribution in [2.45, 2.75) is 25.3 Å². The lowest BCUT2D eigenvalue weighted by molar-refractivity contribution is -0.287. The molecule has 3 aromatic rings. The molecule has 0 aliphatic rings. The van der Waals surface area contributed by atoms with Crippen LogP contribution in [0.4, 0.5) is 26.3 Å². The summed E-state index contributed by atoms with van der Waals surface area (Å²) in [4.78, 5) is 16.6. The summed E-state index contributed by atoms with van der Waals surface area (Å²) in [5.74, 6) is -5.04. The Labute approximate surface area is 152 Å². The molecular weight excluding hydrogens is 392 g/mol. The van der Waals surface area contributed by atoms with Gasteiger partial charge in [0.2, 0.25) is 0 Å². The molecule has 0 amide bonds. The van der Waals surface area contributed by atoms with Crippen LogP contribution in [0.5, 0.6) is 0 Å². The molecule has 6 nitrogen and oxygen atoms in total. The fraction of sp³-hybridized carbons (Fsp3) is 0.250. The van der Waals surface area contributed by atoms with Gasteiger partial charge in [-0.1, -0.05) is 0 Å². The highest BCUT2D eigenvalue weighted by Gasteiger charge is 2.57. The molecule has 0 saturated carbocycles. The first-order chi connectivity index (χ1) is 13.1. The molecule has 0 aliphatic heterocycles. The summed E-state index contributed by atoms with van der Waals surface area (Å²) in [6.45, 7) is -3.00. The molecule has 0 spiro atoms. The fourth-order valence-electron chi connectivity index (χ4n) is 2.51. The van der Waals surface area contributed by atoms with E-state index in [9.17, 15) is 31.1 Å². The average molecular weight is 401 g/mol. The Morgan fingerprint density at radius 2 is 1.93 bits per heavy atom. The van der Waals surface area contributed by atoms with Crippen molar-refractivity contribution in [1.29, 1.82) is 5.26 Å². The number of hydrogen-bond acceptors (Lipinski definition) is 4. The van der Waals surface area contributed by atoms with Crippen molar-refractivity contribution in [3.63, 3.8) is 0 Å². The zero-order valence-corrected chi connectivity index (χ0v) is 13.7. The predicted octanol–water partition coefficient (Wildman–Crippen LogP) is 3.10. The molecule has 0 aromatic carbocycles. The maximum atomic E-state index is 13.4. The van der Waals surface area contributed by atoms with Crippen molar-refractivity contribution < 1.29 is 26.3 Å².